The molecule has 0 spiro atoms. The number of likely N-dealkylation sites (N-methyl/N-ethyl adjacent to an activating group) is 1. The van der Waals surface area contributed by atoms with Crippen LogP contribution < -0.4 is 5.32 Å². The minimum Gasteiger partial charge on any atom is -0.466 e. The Morgan fingerprint density at radius 1 is 1.25 bits per heavy atom. The molecule has 1 saturated carbocycles. The van der Waals surface area contributed by atoms with Crippen LogP contribution in [0.3, 0.4) is 0 Å². The van der Waals surface area contributed by atoms with Gasteiger partial charge in [0.25, 0.3) is 0 Å². The quantitative estimate of drug-likeness (QED) is 0.233. The molecular weight excluding hydrogens is 464 g/mol. The second kappa shape index (κ2) is 10.6. The summed E-state index contributed by atoms with van der Waals surface area (Å²) in [6.07, 6.45) is 8.91. The first-order valence-corrected chi connectivity index (χ1v) is 12.4. The van der Waals surface area contributed by atoms with Crippen molar-refractivity contribution in [3.8, 4) is 0 Å². The van der Waals surface area contributed by atoms with E-state index in [1.807, 2.05) is 25.9 Å². The second-order valence-electron chi connectivity index (χ2n) is 10.4. The van der Waals surface area contributed by atoms with Gasteiger partial charge in [-0.05, 0) is 66.1 Å². The van der Waals surface area contributed by atoms with E-state index in [4.69, 9.17) is 14.2 Å². The van der Waals surface area contributed by atoms with Gasteiger partial charge >= 0.3 is 17.9 Å². The highest BCUT2D eigenvalue weighted by Gasteiger charge is 2.74. The first kappa shape index (κ1) is 27.6. The number of hydrogen-bond donors (Lipinski definition) is 1. The van der Waals surface area contributed by atoms with E-state index in [0.717, 1.165) is 6.54 Å². The molecule has 3 aliphatic rings. The van der Waals surface area contributed by atoms with Gasteiger partial charge in [0, 0.05) is 37.1 Å². The van der Waals surface area contributed by atoms with E-state index < -0.39 is 34.5 Å². The lowest BCUT2D eigenvalue weighted by Crippen LogP contribution is -2.65. The molecule has 0 aromatic carbocycles. The van der Waals surface area contributed by atoms with Gasteiger partial charge in [-0.15, -0.1) is 0 Å². The molecule has 0 aromatic heterocycles. The van der Waals surface area contributed by atoms with Gasteiger partial charge in [0.15, 0.2) is 0 Å². The van der Waals surface area contributed by atoms with Crippen molar-refractivity contribution < 1.29 is 33.4 Å². The van der Waals surface area contributed by atoms with Crippen molar-refractivity contribution in [3.63, 3.8) is 0 Å². The smallest absolute Gasteiger partial charge is 0.333 e. The molecular formula is C27H38N2O7. The Kier molecular flexibility index (Phi) is 8.13. The maximum atomic E-state index is 13.6. The second-order valence-corrected chi connectivity index (χ2v) is 10.4. The van der Waals surface area contributed by atoms with Crippen LogP contribution in [0.4, 0.5) is 0 Å². The molecule has 2 bridgehead atoms. The average Bonchev–Trinajstić information content (AvgIpc) is 2.95. The molecule has 1 saturated heterocycles. The highest BCUT2D eigenvalue weighted by Crippen LogP contribution is 2.65. The van der Waals surface area contributed by atoms with Crippen molar-refractivity contribution in [2.24, 2.45) is 11.3 Å². The van der Waals surface area contributed by atoms with Crippen molar-refractivity contribution in [1.29, 1.82) is 0 Å². The van der Waals surface area contributed by atoms with Crippen LogP contribution in [0.1, 0.15) is 52.9 Å². The first-order valence-electron chi connectivity index (χ1n) is 12.4. The third-order valence-corrected chi connectivity index (χ3v) is 7.84. The van der Waals surface area contributed by atoms with Crippen LogP contribution >= 0.6 is 0 Å². The molecule has 2 fully saturated rings. The Balaban J connectivity index is 1.90. The SMILES string of the molecule is COC(=O)C1=CC[C@@]23CC[C@@H]([C@@](C)(/C=C/C=C(\C)C(=O)NCCN(C)C)OC2=O)[C@@]3(OC(C)=O)CC1. The maximum Gasteiger partial charge on any atom is 0.333 e. The predicted molar refractivity (Wildman–Crippen MR) is 133 cm³/mol. The highest BCUT2D eigenvalue weighted by molar-refractivity contribution is 5.93. The number of carbonyl (C=O) groups is 4. The Morgan fingerprint density at radius 3 is 2.61 bits per heavy atom. The van der Waals surface area contributed by atoms with Crippen LogP contribution in [-0.2, 0) is 33.4 Å². The molecule has 1 amide bonds. The summed E-state index contributed by atoms with van der Waals surface area (Å²) in [5, 5.41) is 2.87. The topological polar surface area (TPSA) is 111 Å². The summed E-state index contributed by atoms with van der Waals surface area (Å²) >= 11 is 0. The molecule has 0 aromatic rings. The van der Waals surface area contributed by atoms with Crippen LogP contribution in [0.2, 0.25) is 0 Å². The lowest BCUT2D eigenvalue weighted by atomic mass is 9.62. The van der Waals surface area contributed by atoms with Crippen LogP contribution in [0, 0.1) is 11.3 Å². The summed E-state index contributed by atoms with van der Waals surface area (Å²) in [4.78, 5) is 52.5. The van der Waals surface area contributed by atoms with Crippen molar-refractivity contribution in [2.75, 3.05) is 34.3 Å². The summed E-state index contributed by atoms with van der Waals surface area (Å²) in [7, 11) is 5.19. The summed E-state index contributed by atoms with van der Waals surface area (Å²) in [5.41, 5.74) is -2.22. The largest absolute Gasteiger partial charge is 0.466 e. The summed E-state index contributed by atoms with van der Waals surface area (Å²) < 4.78 is 17.0. The van der Waals surface area contributed by atoms with E-state index in [1.165, 1.54) is 14.0 Å². The third-order valence-electron chi connectivity index (χ3n) is 7.84. The van der Waals surface area contributed by atoms with Gasteiger partial charge < -0.3 is 24.4 Å². The number of hydrogen-bond acceptors (Lipinski definition) is 8. The van der Waals surface area contributed by atoms with Gasteiger partial charge in [0.2, 0.25) is 5.91 Å². The fourth-order valence-corrected chi connectivity index (χ4v) is 5.99. The molecule has 36 heavy (non-hydrogen) atoms. The molecule has 198 valence electrons. The molecule has 9 heteroatoms. The van der Waals surface area contributed by atoms with Crippen molar-refractivity contribution >= 4 is 23.8 Å². The Hall–Kier alpha value is -2.94. The minimum absolute atomic E-state index is 0.172. The number of rotatable bonds is 8. The zero-order valence-corrected chi connectivity index (χ0v) is 22.1. The van der Waals surface area contributed by atoms with Gasteiger partial charge in [-0.2, -0.15) is 0 Å². The number of nitrogens with zero attached hydrogens (tertiary/aromatic N) is 1. The van der Waals surface area contributed by atoms with E-state index in [9.17, 15) is 19.2 Å². The van der Waals surface area contributed by atoms with Gasteiger partial charge in [-0.25, -0.2) is 4.79 Å². The predicted octanol–water partition coefficient (Wildman–Crippen LogP) is 2.46. The first-order chi connectivity index (χ1) is 16.9. The number of methoxy groups -OCH3 is 1. The number of amides is 1. The number of allylic oxidation sites excluding steroid dienone is 3. The zero-order chi connectivity index (χ0) is 26.7. The van der Waals surface area contributed by atoms with E-state index in [1.54, 1.807) is 31.2 Å². The Morgan fingerprint density at radius 2 is 1.97 bits per heavy atom. The van der Waals surface area contributed by atoms with Gasteiger partial charge in [-0.1, -0.05) is 18.2 Å². The summed E-state index contributed by atoms with van der Waals surface area (Å²) in [6.45, 7) is 6.14. The molecule has 2 aliphatic carbocycles. The highest BCUT2D eigenvalue weighted by atomic mass is 16.6. The van der Waals surface area contributed by atoms with E-state index >= 15 is 0 Å². The summed E-state index contributed by atoms with van der Waals surface area (Å²) in [5.74, 6) is -1.84. The number of cyclic esters (lactones) is 1. The van der Waals surface area contributed by atoms with Crippen LogP contribution in [0.25, 0.3) is 0 Å². The monoisotopic (exact) mass is 502 g/mol. The molecule has 9 nitrogen and oxygen atoms in total. The van der Waals surface area contributed by atoms with Crippen molar-refractivity contribution in [2.45, 2.75) is 64.1 Å². The van der Waals surface area contributed by atoms with Crippen LogP contribution in [0.15, 0.2) is 35.5 Å². The lowest BCUT2D eigenvalue weighted by Gasteiger charge is -2.54. The van der Waals surface area contributed by atoms with E-state index in [0.29, 0.717) is 43.4 Å². The molecule has 1 aliphatic heterocycles. The molecule has 0 unspecified atom stereocenters. The standard InChI is InChI=1S/C27H38N2O7/c1-18(22(31)28-16-17-29(4)5)8-7-12-25(3)21-11-14-26(24(33)36-25)13-9-20(23(32)34-6)10-15-27(21,26)35-19(2)30/h7-9,12,21H,10-11,13-17H2,1-6H3,(H,28,31)/b12-7+,18-8+/t21-,25+,26+,27-/m0/s1. The summed E-state index contributed by atoms with van der Waals surface area (Å²) in [6, 6.07) is 0. The lowest BCUT2D eigenvalue weighted by molar-refractivity contribution is -0.235. The van der Waals surface area contributed by atoms with Gasteiger partial charge in [0.1, 0.15) is 16.6 Å². The van der Waals surface area contributed by atoms with Gasteiger partial charge in [0.05, 0.1) is 7.11 Å². The molecule has 3 rings (SSSR count). The zero-order valence-electron chi connectivity index (χ0n) is 22.1. The number of ether oxygens (including phenoxy) is 3. The number of nitrogens with one attached hydrogen (secondary N) is 1. The van der Waals surface area contributed by atoms with Crippen LogP contribution in [0.5, 0.6) is 0 Å². The Labute approximate surface area is 212 Å². The van der Waals surface area contributed by atoms with Crippen LogP contribution in [-0.4, -0.2) is 74.2 Å². The van der Waals surface area contributed by atoms with Crippen molar-refractivity contribution in [3.05, 3.63) is 35.5 Å². The third kappa shape index (κ3) is 4.98. The van der Waals surface area contributed by atoms with Crippen molar-refractivity contribution in [1.82, 2.24) is 10.2 Å². The number of esters is 3. The van der Waals surface area contributed by atoms with E-state index in [2.05, 4.69) is 5.32 Å². The molecule has 1 N–H and O–H groups in total. The van der Waals surface area contributed by atoms with E-state index in [-0.39, 0.29) is 18.2 Å². The fourth-order valence-electron chi connectivity index (χ4n) is 5.99. The Bertz CT molecular complexity index is 1010. The number of carbonyl (C=O) groups excluding carboxylic acids is 4. The normalized spacial score (nSPS) is 31.9. The van der Waals surface area contributed by atoms with Gasteiger partial charge in [-0.3, -0.25) is 14.4 Å². The molecule has 1 heterocycles. The molecule has 0 radical (unpaired) electrons. The fraction of sp³-hybridized carbons (Fsp3) is 0.630. The average molecular weight is 503 g/mol. The molecule has 4 atom stereocenters. The maximum absolute atomic E-state index is 13.6. The minimum atomic E-state index is -1.11.